The minimum absolute atomic E-state index is 0.128. The Labute approximate surface area is 182 Å². The molecule has 30 heavy (non-hydrogen) atoms. The van der Waals surface area contributed by atoms with Gasteiger partial charge in [-0.2, -0.15) is 0 Å². The third-order valence-corrected chi connectivity index (χ3v) is 5.63. The van der Waals surface area contributed by atoms with Crippen molar-refractivity contribution in [1.82, 2.24) is 10.0 Å². The van der Waals surface area contributed by atoms with Crippen LogP contribution in [0.5, 0.6) is 5.75 Å². The fourth-order valence-electron chi connectivity index (χ4n) is 3.09. The van der Waals surface area contributed by atoms with Crippen molar-refractivity contribution in [3.8, 4) is 5.75 Å². The van der Waals surface area contributed by atoms with Gasteiger partial charge < -0.3 is 19.6 Å². The first-order valence-corrected chi connectivity index (χ1v) is 11.0. The number of aryl methyl sites for hydroxylation is 2. The zero-order chi connectivity index (χ0) is 21.7. The Morgan fingerprint density at radius 1 is 1.23 bits per heavy atom. The molecule has 7 nitrogen and oxygen atoms in total. The quantitative estimate of drug-likeness (QED) is 0.276. The zero-order valence-electron chi connectivity index (χ0n) is 16.8. The van der Waals surface area contributed by atoms with E-state index in [0.29, 0.717) is 35.8 Å². The van der Waals surface area contributed by atoms with Gasteiger partial charge in [0.25, 0.3) is 0 Å². The van der Waals surface area contributed by atoms with Crippen molar-refractivity contribution in [1.29, 1.82) is 0 Å². The second-order valence-corrected chi connectivity index (χ2v) is 8.12. The molecule has 2 aromatic carbocycles. The number of hydrogen-bond donors (Lipinski definition) is 4. The molecule has 0 aliphatic rings. The van der Waals surface area contributed by atoms with Gasteiger partial charge in [0.15, 0.2) is 0 Å². The molecule has 162 valence electrons. The molecule has 0 bridgehead atoms. The maximum Gasteiger partial charge on any atom is 0.232 e. The molecule has 2 unspecified atom stereocenters. The summed E-state index contributed by atoms with van der Waals surface area (Å²) in [6.07, 6.45) is -0.744. The van der Waals surface area contributed by atoms with E-state index in [1.807, 2.05) is 32.0 Å². The predicted octanol–water partition coefficient (Wildman–Crippen LogP) is 3.63. The highest BCUT2D eigenvalue weighted by atomic mass is 35.5. The Balaban J connectivity index is 1.46. The van der Waals surface area contributed by atoms with Gasteiger partial charge in [-0.05, 0) is 48.7 Å². The Hall–Kier alpha value is -1.94. The van der Waals surface area contributed by atoms with E-state index in [1.165, 1.54) is 0 Å². The SMILES string of the molecule is Cc1oc2cc(OCCNCC(O)c3ccc(Cl)c(CNS(=O)O)c3)ccc2c1C. The van der Waals surface area contributed by atoms with E-state index in [0.717, 1.165) is 28.0 Å². The molecule has 0 radical (unpaired) electrons. The number of nitrogens with one attached hydrogen (secondary N) is 2. The number of rotatable bonds is 10. The lowest BCUT2D eigenvalue weighted by atomic mass is 10.1. The minimum Gasteiger partial charge on any atom is -0.492 e. The van der Waals surface area contributed by atoms with Crippen molar-refractivity contribution in [2.24, 2.45) is 0 Å². The van der Waals surface area contributed by atoms with Crippen molar-refractivity contribution < 1.29 is 23.0 Å². The molecule has 0 aliphatic heterocycles. The van der Waals surface area contributed by atoms with Gasteiger partial charge in [-0.3, -0.25) is 4.55 Å². The van der Waals surface area contributed by atoms with Gasteiger partial charge in [-0.15, -0.1) is 0 Å². The van der Waals surface area contributed by atoms with Crippen LogP contribution in [0.1, 0.15) is 28.6 Å². The molecule has 2 atom stereocenters. The third-order valence-electron chi connectivity index (χ3n) is 4.87. The van der Waals surface area contributed by atoms with Gasteiger partial charge in [0.1, 0.15) is 23.7 Å². The molecule has 9 heteroatoms. The summed E-state index contributed by atoms with van der Waals surface area (Å²) in [4.78, 5) is 0. The van der Waals surface area contributed by atoms with E-state index < -0.39 is 17.4 Å². The predicted molar refractivity (Wildman–Crippen MR) is 118 cm³/mol. The van der Waals surface area contributed by atoms with Crippen LogP contribution in [0.15, 0.2) is 40.8 Å². The highest BCUT2D eigenvalue weighted by molar-refractivity contribution is 7.77. The van der Waals surface area contributed by atoms with E-state index in [2.05, 4.69) is 10.0 Å². The largest absolute Gasteiger partial charge is 0.492 e. The van der Waals surface area contributed by atoms with Crippen LogP contribution in [0.2, 0.25) is 5.02 Å². The first-order chi connectivity index (χ1) is 14.3. The fourth-order valence-corrected chi connectivity index (χ4v) is 3.56. The smallest absolute Gasteiger partial charge is 0.232 e. The molecule has 0 spiro atoms. The van der Waals surface area contributed by atoms with Crippen molar-refractivity contribution >= 4 is 33.8 Å². The molecule has 0 aliphatic carbocycles. The Kier molecular flexibility index (Phi) is 7.87. The van der Waals surface area contributed by atoms with Crippen molar-refractivity contribution in [3.63, 3.8) is 0 Å². The average molecular weight is 453 g/mol. The standard InChI is InChI=1S/C21H25ClN2O5S/c1-13-14(2)29-21-10-17(4-5-18(13)21)28-8-7-23-12-20(25)15-3-6-19(22)16(9-15)11-24-30(26)27/h3-6,9-10,20,23-25H,7-8,11-12H2,1-2H3,(H,26,27). The van der Waals surface area contributed by atoms with Crippen LogP contribution in [-0.2, 0) is 17.8 Å². The van der Waals surface area contributed by atoms with Gasteiger partial charge in [0.2, 0.25) is 11.3 Å². The summed E-state index contributed by atoms with van der Waals surface area (Å²) in [5.74, 6) is 1.64. The molecule has 1 aromatic heterocycles. The lowest BCUT2D eigenvalue weighted by molar-refractivity contribution is 0.172. The maximum absolute atomic E-state index is 10.8. The first-order valence-electron chi connectivity index (χ1n) is 9.49. The van der Waals surface area contributed by atoms with Gasteiger partial charge in [-0.1, -0.05) is 23.7 Å². The van der Waals surface area contributed by atoms with Gasteiger partial charge in [0, 0.05) is 36.1 Å². The van der Waals surface area contributed by atoms with Crippen LogP contribution in [0.4, 0.5) is 0 Å². The van der Waals surface area contributed by atoms with Gasteiger partial charge in [0.05, 0.1) is 6.10 Å². The van der Waals surface area contributed by atoms with Crippen LogP contribution >= 0.6 is 11.6 Å². The highest BCUT2D eigenvalue weighted by Crippen LogP contribution is 2.28. The molecule has 1 heterocycles. The molecule has 3 aromatic rings. The molecular formula is C21H25ClN2O5S. The Bertz CT molecular complexity index is 1040. The minimum atomic E-state index is -2.13. The van der Waals surface area contributed by atoms with Crippen LogP contribution in [0.25, 0.3) is 11.0 Å². The molecule has 3 rings (SSSR count). The number of ether oxygens (including phenoxy) is 1. The normalized spacial score (nSPS) is 13.5. The second kappa shape index (κ2) is 10.4. The van der Waals surface area contributed by atoms with Crippen molar-refractivity contribution in [2.75, 3.05) is 19.7 Å². The van der Waals surface area contributed by atoms with E-state index in [4.69, 9.17) is 25.3 Å². The summed E-state index contributed by atoms with van der Waals surface area (Å²) in [6.45, 7) is 5.43. The zero-order valence-corrected chi connectivity index (χ0v) is 18.3. The lowest BCUT2D eigenvalue weighted by Gasteiger charge is -2.14. The van der Waals surface area contributed by atoms with E-state index in [1.54, 1.807) is 18.2 Å². The average Bonchev–Trinajstić information content (AvgIpc) is 3.00. The molecule has 0 saturated heterocycles. The Morgan fingerprint density at radius 3 is 2.80 bits per heavy atom. The van der Waals surface area contributed by atoms with Crippen LogP contribution < -0.4 is 14.8 Å². The third kappa shape index (κ3) is 5.81. The number of benzene rings is 2. The van der Waals surface area contributed by atoms with Crippen molar-refractivity contribution in [2.45, 2.75) is 26.5 Å². The lowest BCUT2D eigenvalue weighted by Crippen LogP contribution is -2.26. The molecule has 0 amide bonds. The van der Waals surface area contributed by atoms with Crippen LogP contribution in [-0.4, -0.2) is 33.6 Å². The van der Waals surface area contributed by atoms with Crippen LogP contribution in [0.3, 0.4) is 0 Å². The number of halogens is 1. The molecular weight excluding hydrogens is 428 g/mol. The Morgan fingerprint density at radius 2 is 2.03 bits per heavy atom. The molecule has 0 saturated carbocycles. The second-order valence-electron chi connectivity index (χ2n) is 6.93. The number of furan rings is 1. The topological polar surface area (TPSA) is 104 Å². The summed E-state index contributed by atoms with van der Waals surface area (Å²) < 4.78 is 33.5. The number of aliphatic hydroxyl groups is 1. The van der Waals surface area contributed by atoms with Gasteiger partial charge >= 0.3 is 0 Å². The number of aliphatic hydroxyl groups excluding tert-OH is 1. The van der Waals surface area contributed by atoms with Crippen molar-refractivity contribution in [3.05, 3.63) is 63.9 Å². The van der Waals surface area contributed by atoms with Gasteiger partial charge in [-0.25, -0.2) is 8.93 Å². The van der Waals surface area contributed by atoms with E-state index >= 15 is 0 Å². The number of fused-ring (bicyclic) bond motifs is 1. The molecule has 4 N–H and O–H groups in total. The summed E-state index contributed by atoms with van der Waals surface area (Å²) in [5.41, 5.74) is 3.25. The maximum atomic E-state index is 10.8. The summed E-state index contributed by atoms with van der Waals surface area (Å²) in [5, 5.41) is 15.1. The van der Waals surface area contributed by atoms with E-state index in [9.17, 15) is 9.32 Å². The summed E-state index contributed by atoms with van der Waals surface area (Å²) in [7, 11) is 0. The molecule has 0 fully saturated rings. The number of hydrogen-bond acceptors (Lipinski definition) is 5. The monoisotopic (exact) mass is 452 g/mol. The van der Waals surface area contributed by atoms with Crippen LogP contribution in [0, 0.1) is 13.8 Å². The highest BCUT2D eigenvalue weighted by Gasteiger charge is 2.11. The first kappa shape index (κ1) is 22.7. The fraction of sp³-hybridized carbons (Fsp3) is 0.333. The van der Waals surface area contributed by atoms with E-state index in [-0.39, 0.29) is 6.54 Å². The summed E-state index contributed by atoms with van der Waals surface area (Å²) in [6, 6.07) is 10.9. The summed E-state index contributed by atoms with van der Waals surface area (Å²) >= 11 is 3.97.